The van der Waals surface area contributed by atoms with Gasteiger partial charge in [-0.2, -0.15) is 5.06 Å². The van der Waals surface area contributed by atoms with Crippen molar-refractivity contribution in [3.05, 3.63) is 135 Å². The maximum atomic E-state index is 14.7. The molecule has 0 unspecified atom stereocenters. The van der Waals surface area contributed by atoms with E-state index in [1.54, 1.807) is 6.07 Å². The lowest BCUT2D eigenvalue weighted by Crippen LogP contribution is -2.46. The molecule has 4 aromatic rings. The van der Waals surface area contributed by atoms with Crippen LogP contribution >= 0.6 is 11.6 Å². The number of benzene rings is 4. The van der Waals surface area contributed by atoms with Crippen LogP contribution in [0.15, 0.2) is 78.9 Å². The largest absolute Gasteiger partial charge is 0.349 e. The zero-order valence-electron chi connectivity index (χ0n) is 21.3. The predicted octanol–water partition coefficient (Wildman–Crippen LogP) is 6.90. The molecule has 0 aliphatic carbocycles. The molecule has 6 nitrogen and oxygen atoms in total. The monoisotopic (exact) mass is 583 g/mol. The van der Waals surface area contributed by atoms with Gasteiger partial charge >= 0.3 is 6.03 Å². The molecular formula is C30H22ClF4N3O3. The molecular weight excluding hydrogens is 562 g/mol. The van der Waals surface area contributed by atoms with Crippen molar-refractivity contribution in [2.75, 3.05) is 4.90 Å². The lowest BCUT2D eigenvalue weighted by Gasteiger charge is -2.36. The molecule has 0 aromatic heterocycles. The average molecular weight is 584 g/mol. The standard InChI is InChI=1S/C30H22ClF4N3O3/c31-24-7-4-8-25(33)23(24)16-37-28-11-19(29(39)36-14-22-26(34)12-21(32)13-27(22)35)9-10-20(28)15-38(30(37)40)41-17-18-5-2-1-3-6-18/h1-13H,14-17H2,(H,36,39). The van der Waals surface area contributed by atoms with Gasteiger partial charge in [0.2, 0.25) is 0 Å². The van der Waals surface area contributed by atoms with Gasteiger partial charge in [-0.1, -0.05) is 54.1 Å². The van der Waals surface area contributed by atoms with Gasteiger partial charge in [-0.05, 0) is 35.4 Å². The Morgan fingerprint density at radius 3 is 2.32 bits per heavy atom. The Morgan fingerprint density at radius 1 is 0.878 bits per heavy atom. The van der Waals surface area contributed by atoms with Gasteiger partial charge in [-0.15, -0.1) is 0 Å². The number of carbonyl (C=O) groups excluding carboxylic acids is 2. The first-order chi connectivity index (χ1) is 19.7. The quantitative estimate of drug-likeness (QED) is 0.230. The molecule has 3 amide bonds. The molecule has 0 bridgehead atoms. The van der Waals surface area contributed by atoms with Crippen molar-refractivity contribution >= 4 is 29.2 Å². The summed E-state index contributed by atoms with van der Waals surface area (Å²) in [5.74, 6) is -4.67. The number of rotatable bonds is 8. The molecule has 0 atom stereocenters. The summed E-state index contributed by atoms with van der Waals surface area (Å²) >= 11 is 6.25. The maximum absolute atomic E-state index is 14.7. The Balaban J connectivity index is 1.42. The normalized spacial score (nSPS) is 12.9. The van der Waals surface area contributed by atoms with E-state index in [0.717, 1.165) is 10.6 Å². The van der Waals surface area contributed by atoms with E-state index in [9.17, 15) is 27.2 Å². The number of halogens is 5. The Bertz CT molecular complexity index is 1580. The van der Waals surface area contributed by atoms with Crippen molar-refractivity contribution < 1.29 is 32.0 Å². The lowest BCUT2D eigenvalue weighted by molar-refractivity contribution is -0.134. The number of amides is 3. The third kappa shape index (κ3) is 6.18. The van der Waals surface area contributed by atoms with Crippen LogP contribution in [0, 0.1) is 23.3 Å². The van der Waals surface area contributed by atoms with Crippen LogP contribution in [0.1, 0.15) is 32.6 Å². The van der Waals surface area contributed by atoms with Gasteiger partial charge in [-0.3, -0.25) is 14.5 Å². The van der Waals surface area contributed by atoms with E-state index in [-0.39, 0.29) is 35.8 Å². The smallest absolute Gasteiger partial charge is 0.348 e. The fourth-order valence-electron chi connectivity index (χ4n) is 4.38. The number of hydroxylamine groups is 2. The number of hydrogen-bond donors (Lipinski definition) is 1. The second-order valence-electron chi connectivity index (χ2n) is 9.24. The average Bonchev–Trinajstić information content (AvgIpc) is 2.94. The van der Waals surface area contributed by atoms with E-state index >= 15 is 0 Å². The minimum Gasteiger partial charge on any atom is -0.348 e. The molecule has 0 spiro atoms. The second-order valence-corrected chi connectivity index (χ2v) is 9.65. The number of hydrogen-bond acceptors (Lipinski definition) is 3. The number of nitrogens with zero attached hydrogens (tertiary/aromatic N) is 2. The SMILES string of the molecule is O=C(NCc1c(F)cc(F)cc1F)c1ccc2c(c1)N(Cc1c(F)cccc1Cl)C(=O)N(OCc1ccccc1)C2. The summed E-state index contributed by atoms with van der Waals surface area (Å²) in [6.07, 6.45) is 0. The minimum atomic E-state index is -1.14. The topological polar surface area (TPSA) is 61.9 Å². The molecule has 0 radical (unpaired) electrons. The number of fused-ring (bicyclic) bond motifs is 1. The highest BCUT2D eigenvalue weighted by molar-refractivity contribution is 6.31. The lowest BCUT2D eigenvalue weighted by atomic mass is 10.0. The van der Waals surface area contributed by atoms with E-state index < -0.39 is 47.3 Å². The highest BCUT2D eigenvalue weighted by Crippen LogP contribution is 2.33. The number of carbonyl (C=O) groups is 2. The number of urea groups is 1. The van der Waals surface area contributed by atoms with Gasteiger partial charge in [-0.25, -0.2) is 22.4 Å². The predicted molar refractivity (Wildman–Crippen MR) is 144 cm³/mol. The third-order valence-electron chi connectivity index (χ3n) is 6.54. The van der Waals surface area contributed by atoms with Crippen LogP contribution in [0.2, 0.25) is 5.02 Å². The molecule has 41 heavy (non-hydrogen) atoms. The molecule has 5 rings (SSSR count). The molecule has 0 fully saturated rings. The fraction of sp³-hybridized carbons (Fsp3) is 0.133. The van der Waals surface area contributed by atoms with Crippen molar-refractivity contribution in [2.24, 2.45) is 0 Å². The molecule has 1 aliphatic heterocycles. The molecule has 1 N–H and O–H groups in total. The van der Waals surface area contributed by atoms with Crippen LogP contribution in [0.25, 0.3) is 0 Å². The summed E-state index contributed by atoms with van der Waals surface area (Å²) in [7, 11) is 0. The first-order valence-corrected chi connectivity index (χ1v) is 12.8. The number of nitrogens with one attached hydrogen (secondary N) is 1. The Labute approximate surface area is 237 Å². The summed E-state index contributed by atoms with van der Waals surface area (Å²) in [4.78, 5) is 33.5. The van der Waals surface area contributed by atoms with Gasteiger partial charge in [0.15, 0.2) is 0 Å². The van der Waals surface area contributed by atoms with E-state index in [1.807, 2.05) is 30.3 Å². The molecule has 11 heteroatoms. The second kappa shape index (κ2) is 12.0. The molecule has 1 heterocycles. The highest BCUT2D eigenvalue weighted by Gasteiger charge is 2.33. The molecule has 210 valence electrons. The number of anilines is 1. The van der Waals surface area contributed by atoms with E-state index in [2.05, 4.69) is 5.32 Å². The van der Waals surface area contributed by atoms with E-state index in [4.69, 9.17) is 16.4 Å². The summed E-state index contributed by atoms with van der Waals surface area (Å²) < 4.78 is 56.0. The van der Waals surface area contributed by atoms with Gasteiger partial charge in [0, 0.05) is 40.4 Å². The van der Waals surface area contributed by atoms with Gasteiger partial charge in [0.05, 0.1) is 18.8 Å². The van der Waals surface area contributed by atoms with Crippen LogP contribution in [0.4, 0.5) is 28.0 Å². The first kappa shape index (κ1) is 28.1. The maximum Gasteiger partial charge on any atom is 0.349 e. The zero-order chi connectivity index (χ0) is 29.1. The van der Waals surface area contributed by atoms with Gasteiger partial charge in [0.25, 0.3) is 5.91 Å². The van der Waals surface area contributed by atoms with Gasteiger partial charge in [0.1, 0.15) is 29.9 Å². The minimum absolute atomic E-state index is 0.0381. The third-order valence-corrected chi connectivity index (χ3v) is 6.89. The van der Waals surface area contributed by atoms with Crippen LogP contribution in [0.5, 0.6) is 0 Å². The van der Waals surface area contributed by atoms with E-state index in [1.165, 1.54) is 35.2 Å². The summed E-state index contributed by atoms with van der Waals surface area (Å²) in [5, 5.41) is 3.66. The van der Waals surface area contributed by atoms with Crippen LogP contribution < -0.4 is 10.2 Å². The highest BCUT2D eigenvalue weighted by atomic mass is 35.5. The van der Waals surface area contributed by atoms with E-state index in [0.29, 0.717) is 23.4 Å². The first-order valence-electron chi connectivity index (χ1n) is 12.4. The van der Waals surface area contributed by atoms with Crippen LogP contribution in [-0.2, 0) is 31.1 Å². The van der Waals surface area contributed by atoms with Crippen molar-refractivity contribution in [2.45, 2.75) is 26.2 Å². The zero-order valence-corrected chi connectivity index (χ0v) is 22.1. The van der Waals surface area contributed by atoms with Gasteiger partial charge < -0.3 is 5.32 Å². The van der Waals surface area contributed by atoms with Crippen molar-refractivity contribution in [3.8, 4) is 0 Å². The Kier molecular flexibility index (Phi) is 8.23. The van der Waals surface area contributed by atoms with Crippen molar-refractivity contribution in [1.29, 1.82) is 0 Å². The van der Waals surface area contributed by atoms with Crippen LogP contribution in [0.3, 0.4) is 0 Å². The molecule has 4 aromatic carbocycles. The molecule has 0 saturated carbocycles. The van der Waals surface area contributed by atoms with Crippen LogP contribution in [-0.4, -0.2) is 17.0 Å². The molecule has 0 saturated heterocycles. The molecule has 1 aliphatic rings. The summed E-state index contributed by atoms with van der Waals surface area (Å²) in [6, 6.07) is 18.3. The van der Waals surface area contributed by atoms with Crippen molar-refractivity contribution in [3.63, 3.8) is 0 Å². The summed E-state index contributed by atoms with van der Waals surface area (Å²) in [6.45, 7) is -0.661. The Hall–Kier alpha value is -4.41. The fourth-order valence-corrected chi connectivity index (χ4v) is 4.61. The summed E-state index contributed by atoms with van der Waals surface area (Å²) in [5.41, 5.74) is 1.36. The Morgan fingerprint density at radius 2 is 1.61 bits per heavy atom. The van der Waals surface area contributed by atoms with Crippen molar-refractivity contribution in [1.82, 2.24) is 10.4 Å².